The first-order valence-electron chi connectivity index (χ1n) is 7.54. The van der Waals surface area contributed by atoms with Gasteiger partial charge in [-0.2, -0.15) is 0 Å². The molecule has 0 saturated heterocycles. The van der Waals surface area contributed by atoms with Crippen molar-refractivity contribution in [2.45, 2.75) is 58.7 Å². The number of rotatable bonds is 5. The summed E-state index contributed by atoms with van der Waals surface area (Å²) in [6, 6.07) is 7.25. The lowest BCUT2D eigenvalue weighted by Crippen LogP contribution is -2.36. The number of halogens is 1. The normalized spacial score (nSPS) is 17.1. The van der Waals surface area contributed by atoms with E-state index in [1.54, 1.807) is 0 Å². The number of anilines is 1. The molecule has 1 saturated carbocycles. The van der Waals surface area contributed by atoms with E-state index in [-0.39, 0.29) is 5.54 Å². The van der Waals surface area contributed by atoms with Gasteiger partial charge >= 0.3 is 0 Å². The van der Waals surface area contributed by atoms with Crippen LogP contribution < -0.4 is 10.2 Å². The summed E-state index contributed by atoms with van der Waals surface area (Å²) in [7, 11) is 2.23. The molecular formula is C17H27BrN2. The Morgan fingerprint density at radius 3 is 2.55 bits per heavy atom. The van der Waals surface area contributed by atoms with Gasteiger partial charge in [-0.05, 0) is 70.2 Å². The third-order valence-corrected chi connectivity index (χ3v) is 4.64. The Morgan fingerprint density at radius 2 is 2.00 bits per heavy atom. The molecule has 1 aromatic carbocycles. The summed E-state index contributed by atoms with van der Waals surface area (Å²) in [5.41, 5.74) is 2.86. The average molecular weight is 339 g/mol. The van der Waals surface area contributed by atoms with Crippen LogP contribution in [0, 0.1) is 5.92 Å². The molecule has 1 aliphatic rings. The third kappa shape index (κ3) is 4.23. The Kier molecular flexibility index (Phi) is 4.80. The lowest BCUT2D eigenvalue weighted by atomic mass is 10.1. The fourth-order valence-corrected chi connectivity index (χ4v) is 2.92. The van der Waals surface area contributed by atoms with Gasteiger partial charge in [-0.15, -0.1) is 0 Å². The largest absolute Gasteiger partial charge is 0.371 e. The van der Waals surface area contributed by atoms with Crippen molar-refractivity contribution in [2.75, 3.05) is 11.9 Å². The average Bonchev–Trinajstić information content (AvgIpc) is 3.18. The molecule has 1 atom stereocenters. The molecule has 1 unspecified atom stereocenters. The van der Waals surface area contributed by atoms with Crippen LogP contribution in [0.25, 0.3) is 0 Å². The predicted octanol–water partition coefficient (Wildman–Crippen LogP) is 4.57. The SMILES string of the molecule is CC(C1CC1)N(C)c1ccc(Br)cc1CNC(C)(C)C. The van der Waals surface area contributed by atoms with Crippen LogP contribution in [0.2, 0.25) is 0 Å². The maximum atomic E-state index is 3.60. The van der Waals surface area contributed by atoms with E-state index in [1.807, 2.05) is 0 Å². The first kappa shape index (κ1) is 15.8. The number of benzene rings is 1. The Labute approximate surface area is 132 Å². The van der Waals surface area contributed by atoms with Crippen molar-refractivity contribution in [3.8, 4) is 0 Å². The molecule has 0 amide bonds. The van der Waals surface area contributed by atoms with Crippen LogP contribution in [0.5, 0.6) is 0 Å². The topological polar surface area (TPSA) is 15.3 Å². The number of hydrogen-bond acceptors (Lipinski definition) is 2. The minimum atomic E-state index is 0.139. The van der Waals surface area contributed by atoms with Gasteiger partial charge in [-0.1, -0.05) is 15.9 Å². The number of nitrogens with zero attached hydrogens (tertiary/aromatic N) is 1. The summed E-state index contributed by atoms with van der Waals surface area (Å²) < 4.78 is 1.15. The van der Waals surface area contributed by atoms with Gasteiger partial charge in [0.15, 0.2) is 0 Å². The molecule has 1 N–H and O–H groups in total. The maximum Gasteiger partial charge on any atom is 0.0412 e. The first-order valence-corrected chi connectivity index (χ1v) is 8.33. The molecule has 112 valence electrons. The van der Waals surface area contributed by atoms with Crippen LogP contribution in [0.4, 0.5) is 5.69 Å². The molecule has 0 aliphatic heterocycles. The van der Waals surface area contributed by atoms with Crippen molar-refractivity contribution >= 4 is 21.6 Å². The fourth-order valence-electron chi connectivity index (χ4n) is 2.51. The minimum Gasteiger partial charge on any atom is -0.371 e. The molecule has 2 nitrogen and oxygen atoms in total. The molecule has 0 aromatic heterocycles. The smallest absolute Gasteiger partial charge is 0.0412 e. The standard InChI is InChI=1S/C17H27BrN2/c1-12(13-6-7-13)20(5)16-9-8-15(18)10-14(16)11-19-17(2,3)4/h8-10,12-13,19H,6-7,11H2,1-5H3. The molecule has 1 aromatic rings. The highest BCUT2D eigenvalue weighted by atomic mass is 79.9. The quantitative estimate of drug-likeness (QED) is 0.845. The second-order valence-corrected chi connectivity index (χ2v) is 7.98. The molecule has 20 heavy (non-hydrogen) atoms. The Morgan fingerprint density at radius 1 is 1.35 bits per heavy atom. The lowest BCUT2D eigenvalue weighted by Gasteiger charge is -2.30. The number of hydrogen-bond donors (Lipinski definition) is 1. The van der Waals surface area contributed by atoms with E-state index in [0.29, 0.717) is 6.04 Å². The molecule has 0 spiro atoms. The molecular weight excluding hydrogens is 312 g/mol. The van der Waals surface area contributed by atoms with Crippen molar-refractivity contribution in [3.63, 3.8) is 0 Å². The van der Waals surface area contributed by atoms with Gasteiger partial charge in [0, 0.05) is 35.3 Å². The summed E-state index contributed by atoms with van der Waals surface area (Å²) in [5, 5.41) is 3.60. The highest BCUT2D eigenvalue weighted by molar-refractivity contribution is 9.10. The van der Waals surface area contributed by atoms with Crippen molar-refractivity contribution in [1.82, 2.24) is 5.32 Å². The van der Waals surface area contributed by atoms with Gasteiger partial charge in [-0.3, -0.25) is 0 Å². The van der Waals surface area contributed by atoms with Gasteiger partial charge in [0.1, 0.15) is 0 Å². The van der Waals surface area contributed by atoms with Crippen LogP contribution in [0.15, 0.2) is 22.7 Å². The zero-order valence-corrected chi connectivity index (χ0v) is 14.9. The van der Waals surface area contributed by atoms with E-state index >= 15 is 0 Å². The minimum absolute atomic E-state index is 0.139. The third-order valence-electron chi connectivity index (χ3n) is 4.15. The zero-order chi connectivity index (χ0) is 14.9. The summed E-state index contributed by atoms with van der Waals surface area (Å²) in [6.07, 6.45) is 2.77. The van der Waals surface area contributed by atoms with E-state index in [9.17, 15) is 0 Å². The van der Waals surface area contributed by atoms with E-state index in [4.69, 9.17) is 0 Å². The molecule has 2 rings (SSSR count). The Balaban J connectivity index is 2.18. The van der Waals surface area contributed by atoms with Gasteiger partial charge < -0.3 is 10.2 Å². The maximum absolute atomic E-state index is 3.60. The highest BCUT2D eigenvalue weighted by Gasteiger charge is 2.31. The van der Waals surface area contributed by atoms with Crippen LogP contribution >= 0.6 is 15.9 Å². The zero-order valence-electron chi connectivity index (χ0n) is 13.3. The second-order valence-electron chi connectivity index (χ2n) is 7.07. The van der Waals surface area contributed by atoms with Crippen LogP contribution in [-0.4, -0.2) is 18.6 Å². The molecule has 1 fully saturated rings. The molecule has 0 bridgehead atoms. The van der Waals surface area contributed by atoms with Gasteiger partial charge in [0.2, 0.25) is 0 Å². The van der Waals surface area contributed by atoms with Gasteiger partial charge in [-0.25, -0.2) is 0 Å². The summed E-state index contributed by atoms with van der Waals surface area (Å²) in [4.78, 5) is 2.45. The van der Waals surface area contributed by atoms with Crippen molar-refractivity contribution < 1.29 is 0 Å². The first-order chi connectivity index (χ1) is 9.28. The van der Waals surface area contributed by atoms with Crippen molar-refractivity contribution in [1.29, 1.82) is 0 Å². The summed E-state index contributed by atoms with van der Waals surface area (Å²) in [6.45, 7) is 9.88. The highest BCUT2D eigenvalue weighted by Crippen LogP contribution is 2.37. The number of nitrogens with one attached hydrogen (secondary N) is 1. The molecule has 0 radical (unpaired) electrons. The van der Waals surface area contributed by atoms with E-state index < -0.39 is 0 Å². The lowest BCUT2D eigenvalue weighted by molar-refractivity contribution is 0.424. The van der Waals surface area contributed by atoms with E-state index in [0.717, 1.165) is 16.9 Å². The van der Waals surface area contributed by atoms with Gasteiger partial charge in [0.25, 0.3) is 0 Å². The molecule has 3 heteroatoms. The Bertz CT molecular complexity index is 461. The van der Waals surface area contributed by atoms with Crippen LogP contribution in [0.3, 0.4) is 0 Å². The molecule has 0 heterocycles. The van der Waals surface area contributed by atoms with Crippen LogP contribution in [-0.2, 0) is 6.54 Å². The Hall–Kier alpha value is -0.540. The van der Waals surface area contributed by atoms with Gasteiger partial charge in [0.05, 0.1) is 0 Å². The van der Waals surface area contributed by atoms with Crippen molar-refractivity contribution in [2.24, 2.45) is 5.92 Å². The fraction of sp³-hybridized carbons (Fsp3) is 0.647. The van der Waals surface area contributed by atoms with Crippen LogP contribution in [0.1, 0.15) is 46.1 Å². The van der Waals surface area contributed by atoms with E-state index in [2.05, 4.69) is 79.1 Å². The molecule has 1 aliphatic carbocycles. The second kappa shape index (κ2) is 6.07. The summed E-state index contributed by atoms with van der Waals surface area (Å²) in [5.74, 6) is 0.882. The predicted molar refractivity (Wildman–Crippen MR) is 91.3 cm³/mol. The van der Waals surface area contributed by atoms with Crippen molar-refractivity contribution in [3.05, 3.63) is 28.2 Å². The monoisotopic (exact) mass is 338 g/mol. The summed E-state index contributed by atoms with van der Waals surface area (Å²) >= 11 is 3.60. The van der Waals surface area contributed by atoms with E-state index in [1.165, 1.54) is 24.1 Å².